The molecule has 0 saturated carbocycles. The molecule has 0 aliphatic rings. The van der Waals surface area contributed by atoms with E-state index in [0.717, 1.165) is 63.7 Å². The second kappa shape index (κ2) is 46.5. The zero-order valence-corrected chi connectivity index (χ0v) is 39.5. The molecule has 0 aromatic heterocycles. The molecule has 6 heteroatoms. The van der Waals surface area contributed by atoms with Gasteiger partial charge in [0.2, 0.25) is 0 Å². The van der Waals surface area contributed by atoms with Crippen molar-refractivity contribution in [2.24, 2.45) is 5.92 Å². The Labute approximate surface area is 361 Å². The summed E-state index contributed by atoms with van der Waals surface area (Å²) in [5, 5.41) is 0. The summed E-state index contributed by atoms with van der Waals surface area (Å²) in [5.41, 5.74) is 0. The van der Waals surface area contributed by atoms with E-state index in [9.17, 15) is 14.4 Å². The molecule has 6 nitrogen and oxygen atoms in total. The molecule has 0 aliphatic heterocycles. The fourth-order valence-corrected chi connectivity index (χ4v) is 7.86. The van der Waals surface area contributed by atoms with Crippen molar-refractivity contribution in [3.63, 3.8) is 0 Å². The van der Waals surface area contributed by atoms with Crippen molar-refractivity contribution in [1.29, 1.82) is 0 Å². The van der Waals surface area contributed by atoms with Gasteiger partial charge in [0.25, 0.3) is 0 Å². The lowest BCUT2D eigenvalue weighted by Crippen LogP contribution is -2.30. The summed E-state index contributed by atoms with van der Waals surface area (Å²) in [6.07, 6.45) is 48.2. The highest BCUT2D eigenvalue weighted by atomic mass is 16.6. The van der Waals surface area contributed by atoms with Crippen molar-refractivity contribution in [2.45, 2.75) is 297 Å². The molecule has 0 fully saturated rings. The summed E-state index contributed by atoms with van der Waals surface area (Å²) in [4.78, 5) is 37.9. The van der Waals surface area contributed by atoms with Crippen molar-refractivity contribution >= 4 is 17.9 Å². The van der Waals surface area contributed by atoms with Crippen molar-refractivity contribution in [1.82, 2.24) is 0 Å². The van der Waals surface area contributed by atoms with Gasteiger partial charge in [-0.1, -0.05) is 252 Å². The molecule has 0 amide bonds. The second-order valence-electron chi connectivity index (χ2n) is 18.3. The van der Waals surface area contributed by atoms with E-state index in [2.05, 4.69) is 27.7 Å². The molecular weight excluding hydrogens is 721 g/mol. The molecule has 0 heterocycles. The minimum atomic E-state index is -0.761. The summed E-state index contributed by atoms with van der Waals surface area (Å²) in [6.45, 7) is 8.96. The molecule has 0 N–H and O–H groups in total. The van der Waals surface area contributed by atoms with Gasteiger partial charge >= 0.3 is 17.9 Å². The van der Waals surface area contributed by atoms with Gasteiger partial charge < -0.3 is 14.2 Å². The Bertz CT molecular complexity index is 872. The van der Waals surface area contributed by atoms with Gasteiger partial charge in [0.05, 0.1) is 0 Å². The normalized spacial score (nSPS) is 11.9. The second-order valence-corrected chi connectivity index (χ2v) is 18.3. The third kappa shape index (κ3) is 45.5. The number of carbonyl (C=O) groups excluding carboxylic acids is 3. The number of carbonyl (C=O) groups is 3. The third-order valence-corrected chi connectivity index (χ3v) is 11.8. The van der Waals surface area contributed by atoms with Crippen LogP contribution in [0.1, 0.15) is 291 Å². The van der Waals surface area contributed by atoms with E-state index >= 15 is 0 Å². The minimum Gasteiger partial charge on any atom is -0.462 e. The minimum absolute atomic E-state index is 0.0636. The molecule has 0 bridgehead atoms. The van der Waals surface area contributed by atoms with E-state index in [4.69, 9.17) is 14.2 Å². The van der Waals surface area contributed by atoms with E-state index in [0.29, 0.717) is 19.3 Å². The summed E-state index contributed by atoms with van der Waals surface area (Å²) in [5.74, 6) is -0.0861. The van der Waals surface area contributed by atoms with E-state index in [-0.39, 0.29) is 31.1 Å². The van der Waals surface area contributed by atoms with Crippen molar-refractivity contribution in [3.8, 4) is 0 Å². The van der Waals surface area contributed by atoms with Gasteiger partial charge in [-0.25, -0.2) is 0 Å². The van der Waals surface area contributed by atoms with Crippen LogP contribution in [0.15, 0.2) is 0 Å². The molecule has 0 aromatic carbocycles. The van der Waals surface area contributed by atoms with E-state index in [1.54, 1.807) is 0 Å². The molecule has 0 saturated heterocycles. The lowest BCUT2D eigenvalue weighted by Gasteiger charge is -2.18. The monoisotopic (exact) mass is 821 g/mol. The quantitative estimate of drug-likeness (QED) is 0.0346. The van der Waals surface area contributed by atoms with Crippen LogP contribution in [0, 0.1) is 5.92 Å². The number of ether oxygens (including phenoxy) is 3. The topological polar surface area (TPSA) is 78.9 Å². The standard InChI is InChI=1S/C52H100O6/c1-5-7-9-11-13-15-17-19-21-22-23-25-26-28-30-35-39-43-50(53)56-46-49(47-57-51(54)44-40-36-33-32-34-38-42-48(3)4)58-52(55)45-41-37-31-29-27-24-20-18-16-14-12-10-8-6-2/h48-49H,5-47H2,1-4H3/t49-/m0/s1. The highest BCUT2D eigenvalue weighted by Crippen LogP contribution is 2.17. The van der Waals surface area contributed by atoms with Gasteiger partial charge in [0.1, 0.15) is 13.2 Å². The van der Waals surface area contributed by atoms with E-state index in [1.807, 2.05) is 0 Å². The molecule has 0 radical (unpaired) electrons. The first-order valence-electron chi connectivity index (χ1n) is 25.9. The molecule has 0 aromatic rings. The van der Waals surface area contributed by atoms with Gasteiger partial charge in [-0.3, -0.25) is 14.4 Å². The summed E-state index contributed by atoms with van der Waals surface area (Å²) in [6, 6.07) is 0. The van der Waals surface area contributed by atoms with Gasteiger partial charge in [0.15, 0.2) is 6.10 Å². The van der Waals surface area contributed by atoms with Crippen molar-refractivity contribution < 1.29 is 28.6 Å². The number of unbranched alkanes of at least 4 members (excludes halogenated alkanes) is 34. The zero-order chi connectivity index (χ0) is 42.4. The molecule has 344 valence electrons. The maximum absolute atomic E-state index is 12.8. The zero-order valence-electron chi connectivity index (χ0n) is 39.5. The first kappa shape index (κ1) is 56.4. The fraction of sp³-hybridized carbons (Fsp3) is 0.942. The van der Waals surface area contributed by atoms with Gasteiger partial charge in [-0.15, -0.1) is 0 Å². The van der Waals surface area contributed by atoms with E-state index < -0.39 is 6.10 Å². The number of hydrogen-bond acceptors (Lipinski definition) is 6. The van der Waals surface area contributed by atoms with Gasteiger partial charge in [-0.2, -0.15) is 0 Å². The van der Waals surface area contributed by atoms with Crippen LogP contribution in [-0.2, 0) is 28.6 Å². The van der Waals surface area contributed by atoms with Crippen LogP contribution in [0.5, 0.6) is 0 Å². The Balaban J connectivity index is 4.25. The van der Waals surface area contributed by atoms with Crippen LogP contribution in [0.3, 0.4) is 0 Å². The lowest BCUT2D eigenvalue weighted by atomic mass is 10.0. The van der Waals surface area contributed by atoms with Crippen LogP contribution in [0.2, 0.25) is 0 Å². The summed E-state index contributed by atoms with van der Waals surface area (Å²) < 4.78 is 16.8. The van der Waals surface area contributed by atoms with Crippen LogP contribution >= 0.6 is 0 Å². The molecule has 58 heavy (non-hydrogen) atoms. The number of rotatable bonds is 47. The Morgan fingerprint density at radius 2 is 0.569 bits per heavy atom. The maximum atomic E-state index is 12.8. The number of esters is 3. The van der Waals surface area contributed by atoms with E-state index in [1.165, 1.54) is 186 Å². The predicted octanol–water partition coefficient (Wildman–Crippen LogP) is 16.7. The number of hydrogen-bond donors (Lipinski definition) is 0. The smallest absolute Gasteiger partial charge is 0.306 e. The Morgan fingerprint density at radius 3 is 0.845 bits per heavy atom. The molecule has 0 spiro atoms. The summed E-state index contributed by atoms with van der Waals surface area (Å²) >= 11 is 0. The van der Waals surface area contributed by atoms with Crippen LogP contribution < -0.4 is 0 Å². The Hall–Kier alpha value is -1.59. The predicted molar refractivity (Wildman–Crippen MR) is 247 cm³/mol. The molecular formula is C52H100O6. The fourth-order valence-electron chi connectivity index (χ4n) is 7.86. The first-order valence-corrected chi connectivity index (χ1v) is 25.9. The van der Waals surface area contributed by atoms with Crippen LogP contribution in [0.25, 0.3) is 0 Å². The maximum Gasteiger partial charge on any atom is 0.306 e. The van der Waals surface area contributed by atoms with Gasteiger partial charge in [-0.05, 0) is 25.2 Å². The van der Waals surface area contributed by atoms with Crippen LogP contribution in [-0.4, -0.2) is 37.2 Å². The Kier molecular flexibility index (Phi) is 45.2. The third-order valence-electron chi connectivity index (χ3n) is 11.8. The van der Waals surface area contributed by atoms with Crippen molar-refractivity contribution in [2.75, 3.05) is 13.2 Å². The average molecular weight is 821 g/mol. The Morgan fingerprint density at radius 1 is 0.328 bits per heavy atom. The highest BCUT2D eigenvalue weighted by Gasteiger charge is 2.19. The van der Waals surface area contributed by atoms with Crippen molar-refractivity contribution in [3.05, 3.63) is 0 Å². The SMILES string of the molecule is CCCCCCCCCCCCCCCCCCCC(=O)OC[C@@H](COC(=O)CCCCCCCCC(C)C)OC(=O)CCCCCCCCCCCCCCCC. The van der Waals surface area contributed by atoms with Crippen LogP contribution in [0.4, 0.5) is 0 Å². The van der Waals surface area contributed by atoms with Gasteiger partial charge in [0, 0.05) is 19.3 Å². The molecule has 1 atom stereocenters. The first-order chi connectivity index (χ1) is 28.4. The average Bonchev–Trinajstić information content (AvgIpc) is 3.21. The lowest BCUT2D eigenvalue weighted by molar-refractivity contribution is -0.167. The molecule has 0 rings (SSSR count). The molecule has 0 aliphatic carbocycles. The highest BCUT2D eigenvalue weighted by molar-refractivity contribution is 5.71. The largest absolute Gasteiger partial charge is 0.462 e. The summed E-state index contributed by atoms with van der Waals surface area (Å²) in [7, 11) is 0. The molecule has 0 unspecified atom stereocenters.